The zero-order valence-corrected chi connectivity index (χ0v) is 15.7. The molecule has 0 atom stereocenters. The summed E-state index contributed by atoms with van der Waals surface area (Å²) < 4.78 is 5.66. The van der Waals surface area contributed by atoms with Crippen LogP contribution in [0.25, 0.3) is 0 Å². The third-order valence-electron chi connectivity index (χ3n) is 3.81. The van der Waals surface area contributed by atoms with Gasteiger partial charge in [-0.2, -0.15) is 0 Å². The maximum atomic E-state index is 12.1. The van der Waals surface area contributed by atoms with Crippen LogP contribution in [0.3, 0.4) is 0 Å². The SMILES string of the molecule is CC(C)(C)c1ccc(OCCNC(=O)c2ccc(C(N)=S)cc2)cc1. The number of carbonyl (C=O) groups is 1. The first-order chi connectivity index (χ1) is 11.8. The molecular weight excluding hydrogens is 332 g/mol. The van der Waals surface area contributed by atoms with Crippen LogP contribution in [0.2, 0.25) is 0 Å². The molecule has 0 aliphatic carbocycles. The van der Waals surface area contributed by atoms with Crippen LogP contribution in [0.15, 0.2) is 48.5 Å². The van der Waals surface area contributed by atoms with E-state index in [2.05, 4.69) is 38.2 Å². The second-order valence-electron chi connectivity index (χ2n) is 6.82. The first-order valence-corrected chi connectivity index (χ1v) is 8.59. The molecule has 0 saturated carbocycles. The highest BCUT2D eigenvalue weighted by molar-refractivity contribution is 7.80. The normalized spacial score (nSPS) is 11.0. The van der Waals surface area contributed by atoms with Crippen molar-refractivity contribution in [3.8, 4) is 5.75 Å². The second kappa shape index (κ2) is 8.12. The summed E-state index contributed by atoms with van der Waals surface area (Å²) in [4.78, 5) is 12.4. The van der Waals surface area contributed by atoms with E-state index in [1.807, 2.05) is 12.1 Å². The molecular formula is C20H24N2O2S. The Morgan fingerprint density at radius 3 is 2.12 bits per heavy atom. The third kappa shape index (κ3) is 5.57. The van der Waals surface area contributed by atoms with Crippen LogP contribution < -0.4 is 15.8 Å². The minimum atomic E-state index is -0.152. The van der Waals surface area contributed by atoms with E-state index in [-0.39, 0.29) is 11.3 Å². The maximum absolute atomic E-state index is 12.1. The van der Waals surface area contributed by atoms with E-state index in [4.69, 9.17) is 22.7 Å². The van der Waals surface area contributed by atoms with Crippen molar-refractivity contribution in [1.29, 1.82) is 0 Å². The summed E-state index contributed by atoms with van der Waals surface area (Å²) >= 11 is 4.89. The van der Waals surface area contributed by atoms with Gasteiger partial charge in [-0.3, -0.25) is 4.79 Å². The topological polar surface area (TPSA) is 64.3 Å². The average Bonchev–Trinajstić information content (AvgIpc) is 2.58. The molecule has 2 rings (SSSR count). The zero-order valence-electron chi connectivity index (χ0n) is 14.8. The molecule has 5 heteroatoms. The Hall–Kier alpha value is -2.40. The Balaban J connectivity index is 1.78. The Kier molecular flexibility index (Phi) is 6.15. The summed E-state index contributed by atoms with van der Waals surface area (Å²) in [6, 6.07) is 14.9. The van der Waals surface area contributed by atoms with Gasteiger partial charge in [0.15, 0.2) is 0 Å². The Morgan fingerprint density at radius 1 is 1.04 bits per heavy atom. The first kappa shape index (κ1) is 18.9. The fourth-order valence-corrected chi connectivity index (χ4v) is 2.41. The number of amides is 1. The molecule has 2 aromatic carbocycles. The number of nitrogens with two attached hydrogens (primary N) is 1. The highest BCUT2D eigenvalue weighted by Crippen LogP contribution is 2.24. The minimum absolute atomic E-state index is 0.121. The summed E-state index contributed by atoms with van der Waals surface area (Å²) in [5.74, 6) is 0.643. The molecule has 0 spiro atoms. The number of nitrogens with one attached hydrogen (secondary N) is 1. The predicted octanol–water partition coefficient (Wildman–Crippen LogP) is 3.43. The van der Waals surface area contributed by atoms with Crippen LogP contribution in [0.5, 0.6) is 5.75 Å². The van der Waals surface area contributed by atoms with Crippen LogP contribution >= 0.6 is 12.2 Å². The molecule has 4 nitrogen and oxygen atoms in total. The van der Waals surface area contributed by atoms with Crippen molar-refractivity contribution in [3.05, 3.63) is 65.2 Å². The van der Waals surface area contributed by atoms with Gasteiger partial charge in [0.25, 0.3) is 5.91 Å². The standard InChI is InChI=1S/C20H24N2O2S/c1-20(2,3)16-8-10-17(11-9-16)24-13-12-22-19(23)15-6-4-14(5-7-15)18(21)25/h4-11H,12-13H2,1-3H3,(H2,21,25)(H,22,23). The monoisotopic (exact) mass is 356 g/mol. The number of hydrogen-bond donors (Lipinski definition) is 2. The predicted molar refractivity (Wildman–Crippen MR) is 105 cm³/mol. The van der Waals surface area contributed by atoms with Crippen LogP contribution in [-0.2, 0) is 5.41 Å². The highest BCUT2D eigenvalue weighted by Gasteiger charge is 2.13. The number of ether oxygens (including phenoxy) is 1. The molecule has 0 fully saturated rings. The highest BCUT2D eigenvalue weighted by atomic mass is 32.1. The molecule has 3 N–H and O–H groups in total. The number of benzene rings is 2. The summed E-state index contributed by atoms with van der Waals surface area (Å²) in [5, 5.41) is 2.83. The summed E-state index contributed by atoms with van der Waals surface area (Å²) in [6.07, 6.45) is 0. The zero-order chi connectivity index (χ0) is 18.4. The smallest absolute Gasteiger partial charge is 0.251 e. The molecule has 0 radical (unpaired) electrons. The van der Waals surface area contributed by atoms with Crippen LogP contribution in [-0.4, -0.2) is 24.0 Å². The van der Waals surface area contributed by atoms with Crippen molar-refractivity contribution >= 4 is 23.1 Å². The van der Waals surface area contributed by atoms with Gasteiger partial charge in [-0.25, -0.2) is 0 Å². The minimum Gasteiger partial charge on any atom is -0.492 e. The Labute approximate surface area is 154 Å². The van der Waals surface area contributed by atoms with Crippen molar-refractivity contribution in [2.24, 2.45) is 5.73 Å². The van der Waals surface area contributed by atoms with Gasteiger partial charge < -0.3 is 15.8 Å². The lowest BCUT2D eigenvalue weighted by molar-refractivity contribution is 0.0947. The largest absolute Gasteiger partial charge is 0.492 e. The lowest BCUT2D eigenvalue weighted by Crippen LogP contribution is -2.28. The van der Waals surface area contributed by atoms with Crippen molar-refractivity contribution in [1.82, 2.24) is 5.32 Å². The second-order valence-corrected chi connectivity index (χ2v) is 7.26. The van der Waals surface area contributed by atoms with E-state index in [1.54, 1.807) is 24.3 Å². The van der Waals surface area contributed by atoms with Crippen molar-refractivity contribution in [2.75, 3.05) is 13.2 Å². The van der Waals surface area contributed by atoms with E-state index < -0.39 is 0 Å². The van der Waals surface area contributed by atoms with Gasteiger partial charge in [0.05, 0.1) is 6.54 Å². The van der Waals surface area contributed by atoms with Crippen LogP contribution in [0, 0.1) is 0 Å². The van der Waals surface area contributed by atoms with Crippen LogP contribution in [0.1, 0.15) is 42.3 Å². The van der Waals surface area contributed by atoms with Gasteiger partial charge in [-0.15, -0.1) is 0 Å². The van der Waals surface area contributed by atoms with Gasteiger partial charge >= 0.3 is 0 Å². The lowest BCUT2D eigenvalue weighted by Gasteiger charge is -2.19. The van der Waals surface area contributed by atoms with Crippen molar-refractivity contribution in [3.63, 3.8) is 0 Å². The van der Waals surface area contributed by atoms with Crippen molar-refractivity contribution in [2.45, 2.75) is 26.2 Å². The molecule has 0 bridgehead atoms. The Bertz CT molecular complexity index is 732. The molecule has 0 unspecified atom stereocenters. The number of rotatable bonds is 6. The molecule has 0 aliphatic heterocycles. The number of hydrogen-bond acceptors (Lipinski definition) is 3. The average molecular weight is 356 g/mol. The summed E-state index contributed by atoms with van der Waals surface area (Å²) in [5.41, 5.74) is 8.23. The molecule has 0 heterocycles. The fraction of sp³-hybridized carbons (Fsp3) is 0.300. The van der Waals surface area contributed by atoms with E-state index >= 15 is 0 Å². The third-order valence-corrected chi connectivity index (χ3v) is 4.04. The summed E-state index contributed by atoms with van der Waals surface area (Å²) in [7, 11) is 0. The molecule has 2 aromatic rings. The lowest BCUT2D eigenvalue weighted by atomic mass is 9.87. The number of carbonyl (C=O) groups excluding carboxylic acids is 1. The molecule has 1 amide bonds. The van der Waals surface area contributed by atoms with E-state index in [9.17, 15) is 4.79 Å². The van der Waals surface area contributed by atoms with E-state index in [0.717, 1.165) is 11.3 Å². The molecule has 0 saturated heterocycles. The summed E-state index contributed by atoms with van der Waals surface area (Å²) in [6.45, 7) is 7.35. The van der Waals surface area contributed by atoms with Gasteiger partial charge in [0, 0.05) is 11.1 Å². The van der Waals surface area contributed by atoms with E-state index in [0.29, 0.717) is 23.7 Å². The van der Waals surface area contributed by atoms with E-state index in [1.165, 1.54) is 5.56 Å². The number of thiocarbonyl (C=S) groups is 1. The quantitative estimate of drug-likeness (QED) is 0.615. The molecule has 132 valence electrons. The fourth-order valence-electron chi connectivity index (χ4n) is 2.27. The Morgan fingerprint density at radius 2 is 1.60 bits per heavy atom. The van der Waals surface area contributed by atoms with Crippen molar-refractivity contribution < 1.29 is 9.53 Å². The maximum Gasteiger partial charge on any atom is 0.251 e. The van der Waals surface area contributed by atoms with Gasteiger partial charge in [0.1, 0.15) is 17.3 Å². The van der Waals surface area contributed by atoms with Crippen LogP contribution in [0.4, 0.5) is 0 Å². The first-order valence-electron chi connectivity index (χ1n) is 8.19. The van der Waals surface area contributed by atoms with Gasteiger partial charge in [-0.1, -0.05) is 57.3 Å². The van der Waals surface area contributed by atoms with Gasteiger partial charge in [-0.05, 0) is 35.2 Å². The molecule has 25 heavy (non-hydrogen) atoms. The van der Waals surface area contributed by atoms with Gasteiger partial charge in [0.2, 0.25) is 0 Å². The molecule has 0 aromatic heterocycles. The molecule has 0 aliphatic rings.